The molecule has 0 saturated carbocycles. The number of pyridine rings is 1. The molecule has 2 bridgehead atoms. The lowest BCUT2D eigenvalue weighted by atomic mass is 10.1. The highest BCUT2D eigenvalue weighted by Gasteiger charge is 2.45. The molecule has 2 aliphatic rings. The molecule has 5 aromatic rings. The predicted molar refractivity (Wildman–Crippen MR) is 154 cm³/mol. The van der Waals surface area contributed by atoms with E-state index in [-0.39, 0.29) is 23.7 Å². The van der Waals surface area contributed by atoms with Crippen LogP contribution in [0.4, 0.5) is 21.7 Å². The van der Waals surface area contributed by atoms with Crippen LogP contribution >= 0.6 is 0 Å². The van der Waals surface area contributed by atoms with Gasteiger partial charge in [-0.2, -0.15) is 0 Å². The summed E-state index contributed by atoms with van der Waals surface area (Å²) >= 11 is 0. The lowest BCUT2D eigenvalue weighted by Gasteiger charge is -2.34. The fourth-order valence-electron chi connectivity index (χ4n) is 5.82. The Morgan fingerprint density at radius 3 is 2.78 bits per heavy atom. The number of halogens is 1. The zero-order chi connectivity index (χ0) is 28.2. The summed E-state index contributed by atoms with van der Waals surface area (Å²) in [6, 6.07) is 13.1. The van der Waals surface area contributed by atoms with E-state index in [1.165, 1.54) is 12.4 Å². The van der Waals surface area contributed by atoms with Crippen molar-refractivity contribution in [2.75, 3.05) is 23.3 Å². The van der Waals surface area contributed by atoms with Crippen LogP contribution in [0.5, 0.6) is 11.5 Å². The summed E-state index contributed by atoms with van der Waals surface area (Å²) < 4.78 is 23.5. The van der Waals surface area contributed by atoms with Crippen molar-refractivity contribution in [3.8, 4) is 11.5 Å². The molecule has 11 heteroatoms. The fourth-order valence-corrected chi connectivity index (χ4v) is 5.82. The largest absolute Gasteiger partial charge is 0.457 e. The van der Waals surface area contributed by atoms with E-state index in [2.05, 4.69) is 31.7 Å². The van der Waals surface area contributed by atoms with Crippen LogP contribution < -0.4 is 15.0 Å². The average molecular weight is 551 g/mol. The first-order valence-electron chi connectivity index (χ1n) is 13.4. The van der Waals surface area contributed by atoms with Crippen molar-refractivity contribution in [2.24, 2.45) is 7.05 Å². The topological polar surface area (TPSA) is 101 Å². The zero-order valence-corrected chi connectivity index (χ0v) is 22.6. The number of piperazine rings is 1. The number of likely N-dealkylation sites (tertiary alicyclic amines) is 1. The first-order valence-corrected chi connectivity index (χ1v) is 13.4. The van der Waals surface area contributed by atoms with Gasteiger partial charge in [-0.15, -0.1) is 0 Å². The Bertz CT molecular complexity index is 1850. The number of nitrogens with one attached hydrogen (secondary N) is 1. The Balaban J connectivity index is 1.14. The molecule has 5 heterocycles. The van der Waals surface area contributed by atoms with E-state index < -0.39 is 5.82 Å². The minimum Gasteiger partial charge on any atom is -0.457 e. The van der Waals surface area contributed by atoms with Crippen molar-refractivity contribution in [1.82, 2.24) is 29.4 Å². The third-order valence-electron chi connectivity index (χ3n) is 7.97. The molecule has 1 amide bonds. The molecule has 3 aromatic heterocycles. The number of anilines is 3. The summed E-state index contributed by atoms with van der Waals surface area (Å²) in [4.78, 5) is 34.2. The highest BCUT2D eigenvalue weighted by Crippen LogP contribution is 2.36. The van der Waals surface area contributed by atoms with Gasteiger partial charge in [0.2, 0.25) is 5.91 Å². The maximum atomic E-state index is 15.6. The van der Waals surface area contributed by atoms with Gasteiger partial charge in [-0.3, -0.25) is 4.79 Å². The molecule has 7 rings (SSSR count). The van der Waals surface area contributed by atoms with E-state index in [0.717, 1.165) is 23.3 Å². The average Bonchev–Trinajstić information content (AvgIpc) is 3.71. The Kier molecular flexibility index (Phi) is 5.81. The summed E-state index contributed by atoms with van der Waals surface area (Å²) in [6.45, 7) is 6.62. The first-order chi connectivity index (χ1) is 19.9. The Morgan fingerprint density at radius 1 is 1.10 bits per heavy atom. The number of amides is 1. The maximum absolute atomic E-state index is 15.6. The van der Waals surface area contributed by atoms with Crippen LogP contribution in [0.2, 0.25) is 0 Å². The Labute approximate surface area is 235 Å². The van der Waals surface area contributed by atoms with Crippen molar-refractivity contribution < 1.29 is 13.9 Å². The molecule has 2 aliphatic heterocycles. The monoisotopic (exact) mass is 550 g/mol. The number of hydrogen-bond donors (Lipinski definition) is 1. The summed E-state index contributed by atoms with van der Waals surface area (Å²) in [5.74, 6) is 1.67. The molecular formula is C30H27FN8O2. The van der Waals surface area contributed by atoms with Gasteiger partial charge in [0.05, 0.1) is 40.6 Å². The lowest BCUT2D eigenvalue weighted by Crippen LogP contribution is -2.48. The van der Waals surface area contributed by atoms with E-state index in [4.69, 9.17) is 9.72 Å². The van der Waals surface area contributed by atoms with Crippen LogP contribution in [0.3, 0.4) is 0 Å². The molecule has 0 unspecified atom stereocenters. The van der Waals surface area contributed by atoms with Gasteiger partial charge in [-0.05, 0) is 55.8 Å². The molecule has 2 fully saturated rings. The number of nitrogens with zero attached hydrogens (tertiary/aromatic N) is 7. The van der Waals surface area contributed by atoms with Crippen LogP contribution in [0.1, 0.15) is 12.0 Å². The molecule has 41 heavy (non-hydrogen) atoms. The number of aryl methyl sites for hydroxylation is 1. The van der Waals surface area contributed by atoms with Crippen LogP contribution in [0.15, 0.2) is 67.8 Å². The van der Waals surface area contributed by atoms with Gasteiger partial charge in [-0.1, -0.05) is 6.58 Å². The second-order valence-corrected chi connectivity index (χ2v) is 10.4. The van der Waals surface area contributed by atoms with Crippen LogP contribution in [0, 0.1) is 12.7 Å². The standard InChI is InChI=1S/C30H27FN8O2/c1-4-27(40)39-14-18-11-19(39)13-38(18)26-10-7-22-29(36-26)30(33-15-32-22)35-21-6-9-25(17(2)28(21)31)41-20-5-8-24-23(12-20)34-16-37(24)3/h4-10,12,15-16,18-19H,1,11,13-14H2,2-3H3,(H,32,33,35)/t18-,19-/m0/s1. The van der Waals surface area contributed by atoms with Gasteiger partial charge in [0.15, 0.2) is 11.6 Å². The summed E-state index contributed by atoms with van der Waals surface area (Å²) in [6.07, 6.45) is 5.43. The Hall–Kier alpha value is -5.06. The Morgan fingerprint density at radius 2 is 1.98 bits per heavy atom. The minimum atomic E-state index is -0.451. The smallest absolute Gasteiger partial charge is 0.246 e. The number of carbonyl (C=O) groups excluding carboxylic acids is 1. The molecule has 1 N–H and O–H groups in total. The second kappa shape index (κ2) is 9.54. The van der Waals surface area contributed by atoms with Gasteiger partial charge in [0.1, 0.15) is 29.2 Å². The second-order valence-electron chi connectivity index (χ2n) is 10.4. The summed E-state index contributed by atoms with van der Waals surface area (Å²) in [5.41, 5.74) is 3.56. The van der Waals surface area contributed by atoms with E-state index in [9.17, 15) is 4.79 Å². The number of fused-ring (bicyclic) bond motifs is 4. The SMILES string of the molecule is C=CC(=O)N1C[C@@H]2C[C@H]1CN2c1ccc2ncnc(Nc3ccc(Oc4ccc5c(c4)ncn5C)c(C)c3F)c2n1. The highest BCUT2D eigenvalue weighted by atomic mass is 19.1. The molecule has 0 spiro atoms. The van der Waals surface area contributed by atoms with Gasteiger partial charge < -0.3 is 24.4 Å². The van der Waals surface area contributed by atoms with Crippen molar-refractivity contribution >= 4 is 45.3 Å². The molecular weight excluding hydrogens is 523 g/mol. The molecule has 2 saturated heterocycles. The maximum Gasteiger partial charge on any atom is 0.246 e. The number of benzene rings is 2. The number of imidazole rings is 1. The van der Waals surface area contributed by atoms with Gasteiger partial charge in [0.25, 0.3) is 0 Å². The first kappa shape index (κ1) is 24.9. The third kappa shape index (κ3) is 4.21. The van der Waals surface area contributed by atoms with Crippen LogP contribution in [-0.4, -0.2) is 60.5 Å². The quantitative estimate of drug-likeness (QED) is 0.299. The third-order valence-corrected chi connectivity index (χ3v) is 7.97. The number of aromatic nitrogens is 5. The number of ether oxygens (including phenoxy) is 1. The highest BCUT2D eigenvalue weighted by molar-refractivity contribution is 5.89. The van der Waals surface area contributed by atoms with E-state index >= 15 is 4.39 Å². The normalized spacial score (nSPS) is 17.9. The van der Waals surface area contributed by atoms with E-state index in [1.807, 2.05) is 46.8 Å². The molecule has 206 valence electrons. The van der Waals surface area contributed by atoms with E-state index in [0.29, 0.717) is 47.0 Å². The molecule has 0 radical (unpaired) electrons. The molecule has 0 aliphatic carbocycles. The van der Waals surface area contributed by atoms with Crippen molar-refractivity contribution in [2.45, 2.75) is 25.4 Å². The van der Waals surface area contributed by atoms with Crippen LogP contribution in [-0.2, 0) is 11.8 Å². The van der Waals surface area contributed by atoms with Gasteiger partial charge in [-0.25, -0.2) is 24.3 Å². The summed E-state index contributed by atoms with van der Waals surface area (Å²) in [7, 11) is 1.93. The lowest BCUT2D eigenvalue weighted by molar-refractivity contribution is -0.127. The van der Waals surface area contributed by atoms with Crippen molar-refractivity contribution in [3.05, 3.63) is 79.2 Å². The summed E-state index contributed by atoms with van der Waals surface area (Å²) in [5, 5.41) is 3.12. The number of carbonyl (C=O) groups is 1. The molecule has 10 nitrogen and oxygen atoms in total. The minimum absolute atomic E-state index is 0.0356. The predicted octanol–water partition coefficient (Wildman–Crippen LogP) is 4.87. The van der Waals surface area contributed by atoms with Crippen molar-refractivity contribution in [3.63, 3.8) is 0 Å². The molecule has 2 atom stereocenters. The van der Waals surface area contributed by atoms with Crippen molar-refractivity contribution in [1.29, 1.82) is 0 Å². The molecule has 2 aromatic carbocycles. The van der Waals surface area contributed by atoms with E-state index in [1.54, 1.807) is 25.4 Å². The number of hydrogen-bond acceptors (Lipinski definition) is 8. The van der Waals surface area contributed by atoms with Gasteiger partial charge in [0, 0.05) is 31.8 Å². The number of rotatable bonds is 6. The zero-order valence-electron chi connectivity index (χ0n) is 22.6. The van der Waals surface area contributed by atoms with Gasteiger partial charge >= 0.3 is 0 Å². The van der Waals surface area contributed by atoms with Crippen LogP contribution in [0.25, 0.3) is 22.1 Å². The fraction of sp³-hybridized carbons (Fsp3) is 0.233.